The van der Waals surface area contributed by atoms with Crippen molar-refractivity contribution in [2.75, 3.05) is 20.3 Å². The molecule has 0 aliphatic heterocycles. The smallest absolute Gasteiger partial charge is 0.271 e. The van der Waals surface area contributed by atoms with E-state index in [0.717, 1.165) is 51.4 Å². The predicted molar refractivity (Wildman–Crippen MR) is 214 cm³/mol. The molecule has 1 aromatic heterocycles. The number of hydrogen-bond donors (Lipinski definition) is 0. The molecule has 0 radical (unpaired) electrons. The van der Waals surface area contributed by atoms with Crippen molar-refractivity contribution in [3.05, 3.63) is 66.3 Å². The highest BCUT2D eigenvalue weighted by molar-refractivity contribution is 7.85. The minimum absolute atomic E-state index is 0.241. The summed E-state index contributed by atoms with van der Waals surface area (Å²) in [7, 11) is -2.48. The largest absolute Gasteiger partial charge is 0.478 e. The highest BCUT2D eigenvalue weighted by Gasteiger charge is 2.14. The van der Waals surface area contributed by atoms with Gasteiger partial charge in [0.1, 0.15) is 5.75 Å². The van der Waals surface area contributed by atoms with Gasteiger partial charge in [-0.05, 0) is 82.6 Å². The van der Waals surface area contributed by atoms with Crippen LogP contribution in [0.15, 0.2) is 60.7 Å². The zero-order valence-electron chi connectivity index (χ0n) is 32.3. The molecule has 1 aromatic rings. The summed E-state index contributed by atoms with van der Waals surface area (Å²) >= 11 is 0. The van der Waals surface area contributed by atoms with E-state index in [1.807, 2.05) is 0 Å². The fraction of sp³-hybridized carbons (Fsp3) is 0.698. The second kappa shape index (κ2) is 33.7. The van der Waals surface area contributed by atoms with Crippen molar-refractivity contribution in [2.45, 2.75) is 174 Å². The molecule has 0 N–H and O–H groups in total. The van der Waals surface area contributed by atoms with Gasteiger partial charge in [0.05, 0.1) is 20.3 Å². The van der Waals surface area contributed by atoms with Crippen LogP contribution in [-0.4, -0.2) is 33.7 Å². The first kappa shape index (κ1) is 45.6. The molecule has 0 amide bonds. The lowest BCUT2D eigenvalue weighted by Crippen LogP contribution is -2.08. The molecule has 0 saturated carbocycles. The third-order valence-corrected chi connectivity index (χ3v) is 9.82. The molecule has 0 aromatic carbocycles. The fourth-order valence-electron chi connectivity index (χ4n) is 5.56. The van der Waals surface area contributed by atoms with Crippen molar-refractivity contribution < 1.29 is 22.1 Å². The van der Waals surface area contributed by atoms with Crippen LogP contribution >= 0.6 is 0 Å². The number of aromatic nitrogens is 1. The van der Waals surface area contributed by atoms with Gasteiger partial charge in [-0.3, -0.25) is 4.18 Å². The van der Waals surface area contributed by atoms with Crippen LogP contribution < -0.4 is 9.47 Å². The summed E-state index contributed by atoms with van der Waals surface area (Å²) in [6.07, 6.45) is 47.0. The second-order valence-electron chi connectivity index (χ2n) is 13.4. The first-order valence-corrected chi connectivity index (χ1v) is 21.7. The van der Waals surface area contributed by atoms with Gasteiger partial charge in [-0.15, -0.1) is 0 Å². The molecule has 0 spiro atoms. The van der Waals surface area contributed by atoms with Crippen molar-refractivity contribution in [1.82, 2.24) is 4.98 Å². The topological polar surface area (TPSA) is 74.7 Å². The molecule has 0 aliphatic carbocycles. The molecule has 0 unspecified atom stereocenters. The highest BCUT2D eigenvalue weighted by Crippen LogP contribution is 2.21. The Bertz CT molecular complexity index is 1070. The lowest BCUT2D eigenvalue weighted by atomic mass is 10.1. The van der Waals surface area contributed by atoms with Crippen LogP contribution in [0.5, 0.6) is 11.8 Å². The minimum Gasteiger partial charge on any atom is -0.478 e. The maximum atomic E-state index is 12.1. The summed E-state index contributed by atoms with van der Waals surface area (Å²) in [5.41, 5.74) is 0.556. The fourth-order valence-corrected chi connectivity index (χ4v) is 6.25. The van der Waals surface area contributed by atoms with Crippen molar-refractivity contribution >= 4 is 10.1 Å². The Morgan fingerprint density at radius 2 is 0.880 bits per heavy atom. The average molecular weight is 716 g/mol. The number of hydrogen-bond acceptors (Lipinski definition) is 6. The summed E-state index contributed by atoms with van der Waals surface area (Å²) in [6.45, 7) is 5.59. The monoisotopic (exact) mass is 716 g/mol. The lowest BCUT2D eigenvalue weighted by molar-refractivity contribution is 0.269. The first-order chi connectivity index (χ1) is 24.5. The number of pyridine rings is 1. The molecule has 7 heteroatoms. The van der Waals surface area contributed by atoms with Gasteiger partial charge < -0.3 is 9.47 Å². The van der Waals surface area contributed by atoms with Crippen molar-refractivity contribution in [1.29, 1.82) is 0 Å². The zero-order chi connectivity index (χ0) is 36.2. The molecule has 1 rings (SSSR count). The summed E-state index contributed by atoms with van der Waals surface area (Å²) in [5, 5.41) is 0. The quantitative estimate of drug-likeness (QED) is 0.0396. The van der Waals surface area contributed by atoms with Crippen LogP contribution in [0.2, 0.25) is 0 Å². The van der Waals surface area contributed by atoms with E-state index >= 15 is 0 Å². The predicted octanol–water partition coefficient (Wildman–Crippen LogP) is 12.9. The molecular weight excluding hydrogens is 643 g/mol. The van der Waals surface area contributed by atoms with Gasteiger partial charge in [0.2, 0.25) is 11.8 Å². The number of unbranched alkanes of at least 4 members (excludes halogenated alkanes) is 18. The van der Waals surface area contributed by atoms with Gasteiger partial charge in [0.15, 0.2) is 0 Å². The summed E-state index contributed by atoms with van der Waals surface area (Å²) in [4.78, 5) is 4.51. The van der Waals surface area contributed by atoms with E-state index < -0.39 is 10.1 Å². The van der Waals surface area contributed by atoms with Crippen molar-refractivity contribution in [2.24, 2.45) is 0 Å². The number of ether oxygens (including phenoxy) is 2. The molecule has 0 saturated heterocycles. The maximum Gasteiger partial charge on any atom is 0.271 e. The third-order valence-electron chi connectivity index (χ3n) is 8.63. The van der Waals surface area contributed by atoms with E-state index in [-0.39, 0.29) is 5.75 Å². The van der Waals surface area contributed by atoms with E-state index in [0.29, 0.717) is 30.5 Å². The number of rotatable bonds is 35. The van der Waals surface area contributed by atoms with Crippen LogP contribution in [0.4, 0.5) is 0 Å². The Kier molecular flexibility index (Phi) is 30.8. The normalized spacial score (nSPS) is 12.4. The molecule has 0 atom stereocenters. The van der Waals surface area contributed by atoms with Crippen LogP contribution in [0, 0.1) is 0 Å². The van der Waals surface area contributed by atoms with E-state index in [9.17, 15) is 8.42 Å². The lowest BCUT2D eigenvalue weighted by Gasteiger charge is -2.11. The number of nitrogens with zero attached hydrogens (tertiary/aromatic N) is 1. The Hall–Kier alpha value is -2.38. The molecule has 1 heterocycles. The SMILES string of the molecule is CCCCC/C=C\C/C=C\CCCCCCCCOc1cc(CS(=O)(=O)OC)cc(OCCCCCCCC/C=C\C/C=C\CCCCC)n1. The maximum absolute atomic E-state index is 12.1. The number of allylic oxidation sites excluding steroid dienone is 8. The van der Waals surface area contributed by atoms with Crippen LogP contribution in [0.25, 0.3) is 0 Å². The standard InChI is InChI=1S/C43H73NO5S/c1-4-6-8-10-12-14-16-18-20-22-24-26-28-30-32-34-36-48-42-38-41(40-50(45,46)47-3)39-43(44-42)49-37-35-33-31-29-27-25-23-21-19-17-15-13-11-9-7-5-2/h12-15,18-21,38-39H,4-11,16-17,22-37,40H2,1-3H3/b14-12-,15-13-,20-18-,21-19-. The highest BCUT2D eigenvalue weighted by atomic mass is 32.2. The van der Waals surface area contributed by atoms with Gasteiger partial charge in [-0.2, -0.15) is 13.4 Å². The van der Waals surface area contributed by atoms with Gasteiger partial charge in [-0.25, -0.2) is 0 Å². The molecule has 0 bridgehead atoms. The third kappa shape index (κ3) is 29.4. The summed E-state index contributed by atoms with van der Waals surface area (Å²) in [5.74, 6) is 0.570. The van der Waals surface area contributed by atoms with Gasteiger partial charge >= 0.3 is 0 Å². The van der Waals surface area contributed by atoms with Crippen LogP contribution in [0.1, 0.15) is 174 Å². The van der Waals surface area contributed by atoms with E-state index in [2.05, 4.69) is 71.6 Å². The van der Waals surface area contributed by atoms with E-state index in [4.69, 9.17) is 9.47 Å². The average Bonchev–Trinajstić information content (AvgIpc) is 3.10. The van der Waals surface area contributed by atoms with Crippen molar-refractivity contribution in [3.8, 4) is 11.8 Å². The molecule has 0 aliphatic rings. The molecular formula is C43H73NO5S. The Morgan fingerprint density at radius 1 is 0.520 bits per heavy atom. The van der Waals surface area contributed by atoms with E-state index in [1.165, 1.54) is 110 Å². The van der Waals surface area contributed by atoms with Crippen molar-refractivity contribution in [3.63, 3.8) is 0 Å². The minimum atomic E-state index is -3.66. The summed E-state index contributed by atoms with van der Waals surface area (Å²) < 4.78 is 40.8. The molecule has 6 nitrogen and oxygen atoms in total. The Balaban J connectivity index is 2.23. The van der Waals surface area contributed by atoms with Gasteiger partial charge in [0, 0.05) is 12.1 Å². The van der Waals surface area contributed by atoms with E-state index in [1.54, 1.807) is 12.1 Å². The molecule has 286 valence electrons. The summed E-state index contributed by atoms with van der Waals surface area (Å²) in [6, 6.07) is 3.36. The Morgan fingerprint density at radius 3 is 1.26 bits per heavy atom. The molecule has 50 heavy (non-hydrogen) atoms. The second-order valence-corrected chi connectivity index (χ2v) is 15.1. The Labute approximate surface area is 308 Å². The van der Waals surface area contributed by atoms with Gasteiger partial charge in [-0.1, -0.05) is 140 Å². The van der Waals surface area contributed by atoms with Gasteiger partial charge in [0.25, 0.3) is 10.1 Å². The van der Waals surface area contributed by atoms with Crippen LogP contribution in [0.3, 0.4) is 0 Å². The molecule has 0 fully saturated rings. The zero-order valence-corrected chi connectivity index (χ0v) is 33.1. The van der Waals surface area contributed by atoms with Crippen LogP contribution in [-0.2, 0) is 20.1 Å². The first-order valence-electron chi connectivity index (χ1n) is 20.2.